The van der Waals surface area contributed by atoms with E-state index in [1.54, 1.807) is 24.3 Å². The van der Waals surface area contributed by atoms with E-state index in [1.807, 2.05) is 0 Å². The van der Waals surface area contributed by atoms with Gasteiger partial charge in [-0.1, -0.05) is 12.1 Å². The molecule has 0 aromatic heterocycles. The molecule has 0 atom stereocenters. The summed E-state index contributed by atoms with van der Waals surface area (Å²) < 4.78 is 63.0. The second-order valence-electron chi connectivity index (χ2n) is 6.52. The lowest BCUT2D eigenvalue weighted by Gasteiger charge is -2.09. The Morgan fingerprint density at radius 2 is 1.44 bits per heavy atom. The number of rotatable bonds is 7. The summed E-state index contributed by atoms with van der Waals surface area (Å²) in [5, 5.41) is 0. The zero-order valence-electron chi connectivity index (χ0n) is 16.7. The van der Waals surface area contributed by atoms with E-state index in [4.69, 9.17) is 4.74 Å². The van der Waals surface area contributed by atoms with Crippen molar-refractivity contribution in [3.8, 4) is 0 Å². The number of nitrogens with one attached hydrogen (secondary N) is 1. The topological polar surface area (TPSA) is 98.8 Å². The Morgan fingerprint density at radius 3 is 2.03 bits per heavy atom. The van der Waals surface area contributed by atoms with Crippen LogP contribution in [0.25, 0.3) is 0 Å². The summed E-state index contributed by atoms with van der Waals surface area (Å²) in [5.41, 5.74) is 1.31. The maximum atomic E-state index is 13.3. The van der Waals surface area contributed by atoms with Crippen molar-refractivity contribution in [2.75, 3.05) is 11.8 Å². The molecule has 10 heteroatoms. The lowest BCUT2D eigenvalue weighted by atomic mass is 10.1. The summed E-state index contributed by atoms with van der Waals surface area (Å²) in [4.78, 5) is 23.2. The maximum absolute atomic E-state index is 13.3. The molecule has 0 saturated heterocycles. The lowest BCUT2D eigenvalue weighted by Crippen LogP contribution is -2.13. The number of anilines is 1. The first kappa shape index (κ1) is 22.9. The molecule has 166 valence electrons. The summed E-state index contributed by atoms with van der Waals surface area (Å²) in [6.45, 7) is -0.0369. The highest BCUT2D eigenvalue weighted by molar-refractivity contribution is 7.92. The molecule has 0 radical (unpaired) electrons. The molecule has 0 aliphatic rings. The average molecular weight is 461 g/mol. The molecule has 0 spiro atoms. The molecule has 3 aromatic carbocycles. The van der Waals surface area contributed by atoms with E-state index in [9.17, 15) is 26.8 Å². The van der Waals surface area contributed by atoms with Crippen molar-refractivity contribution < 1.29 is 36.3 Å². The van der Waals surface area contributed by atoms with E-state index < -0.39 is 38.5 Å². The molecule has 0 heterocycles. The predicted molar refractivity (Wildman–Crippen MR) is 111 cm³/mol. The number of halogens is 2. The van der Waals surface area contributed by atoms with Gasteiger partial charge >= 0.3 is 11.9 Å². The molecule has 0 fully saturated rings. The highest BCUT2D eigenvalue weighted by Crippen LogP contribution is 2.19. The van der Waals surface area contributed by atoms with E-state index >= 15 is 0 Å². The van der Waals surface area contributed by atoms with Crippen molar-refractivity contribution in [1.29, 1.82) is 0 Å². The number of carbonyl (C=O) groups excluding carboxylic acids is 2. The van der Waals surface area contributed by atoms with Crippen LogP contribution in [0.5, 0.6) is 0 Å². The molecule has 0 bridgehead atoms. The van der Waals surface area contributed by atoms with Crippen LogP contribution in [0.3, 0.4) is 0 Å². The number of ether oxygens (including phenoxy) is 2. The third-order valence-electron chi connectivity index (χ3n) is 4.32. The third-order valence-corrected chi connectivity index (χ3v) is 5.70. The summed E-state index contributed by atoms with van der Waals surface area (Å²) >= 11 is 0. The SMILES string of the molecule is COC(=O)c1ccc(COC(=O)c2ccc(NS(=O)(=O)c3ccc(F)c(F)c3)cc2)cc1. The van der Waals surface area contributed by atoms with Crippen LogP contribution in [0.2, 0.25) is 0 Å². The molecule has 3 rings (SSSR count). The second kappa shape index (κ2) is 9.56. The van der Waals surface area contributed by atoms with Crippen LogP contribution in [0.15, 0.2) is 71.6 Å². The molecule has 1 N–H and O–H groups in total. The smallest absolute Gasteiger partial charge is 0.338 e. The summed E-state index contributed by atoms with van der Waals surface area (Å²) in [5.74, 6) is -3.57. The minimum atomic E-state index is -4.15. The number of esters is 2. The predicted octanol–water partition coefficient (Wildman–Crippen LogP) is 3.91. The number of hydrogen-bond donors (Lipinski definition) is 1. The maximum Gasteiger partial charge on any atom is 0.338 e. The quantitative estimate of drug-likeness (QED) is 0.536. The fourth-order valence-corrected chi connectivity index (χ4v) is 3.69. The Bertz CT molecular complexity index is 1240. The van der Waals surface area contributed by atoms with E-state index in [1.165, 1.54) is 31.4 Å². The minimum absolute atomic E-state index is 0.0369. The van der Waals surface area contributed by atoms with Gasteiger partial charge in [-0.3, -0.25) is 4.72 Å². The molecule has 0 unspecified atom stereocenters. The van der Waals surface area contributed by atoms with Crippen LogP contribution >= 0.6 is 0 Å². The van der Waals surface area contributed by atoms with Gasteiger partial charge in [0.1, 0.15) is 6.61 Å². The molecule has 0 aliphatic heterocycles. The van der Waals surface area contributed by atoms with Crippen molar-refractivity contribution in [2.45, 2.75) is 11.5 Å². The largest absolute Gasteiger partial charge is 0.465 e. The van der Waals surface area contributed by atoms with Gasteiger partial charge in [0.05, 0.1) is 23.1 Å². The first-order valence-electron chi connectivity index (χ1n) is 9.12. The van der Waals surface area contributed by atoms with Gasteiger partial charge in [-0.15, -0.1) is 0 Å². The van der Waals surface area contributed by atoms with Gasteiger partial charge in [-0.25, -0.2) is 26.8 Å². The van der Waals surface area contributed by atoms with E-state index in [2.05, 4.69) is 9.46 Å². The molecular weight excluding hydrogens is 444 g/mol. The van der Waals surface area contributed by atoms with Crippen molar-refractivity contribution in [3.05, 3.63) is 95.1 Å². The van der Waals surface area contributed by atoms with Crippen LogP contribution in [0, 0.1) is 11.6 Å². The summed E-state index contributed by atoms with van der Waals surface area (Å²) in [7, 11) is -2.87. The lowest BCUT2D eigenvalue weighted by molar-refractivity contribution is 0.0471. The van der Waals surface area contributed by atoms with Gasteiger partial charge in [-0.2, -0.15) is 0 Å². The Hall–Kier alpha value is -3.79. The molecule has 32 heavy (non-hydrogen) atoms. The Kier molecular flexibility index (Phi) is 6.84. The molecular formula is C22H17F2NO6S. The van der Waals surface area contributed by atoms with Gasteiger partial charge in [0, 0.05) is 5.69 Å². The molecule has 7 nitrogen and oxygen atoms in total. The summed E-state index contributed by atoms with van der Waals surface area (Å²) in [6.07, 6.45) is 0. The minimum Gasteiger partial charge on any atom is -0.465 e. The van der Waals surface area contributed by atoms with Crippen LogP contribution in [-0.2, 0) is 26.1 Å². The monoisotopic (exact) mass is 461 g/mol. The fourth-order valence-electron chi connectivity index (χ4n) is 2.62. The second-order valence-corrected chi connectivity index (χ2v) is 8.21. The van der Waals surface area contributed by atoms with Gasteiger partial charge in [0.25, 0.3) is 10.0 Å². The zero-order valence-corrected chi connectivity index (χ0v) is 17.5. The Labute approximate surface area is 182 Å². The van der Waals surface area contributed by atoms with Crippen LogP contribution < -0.4 is 4.72 Å². The number of hydrogen-bond acceptors (Lipinski definition) is 6. The Morgan fingerprint density at radius 1 is 0.844 bits per heavy atom. The number of benzene rings is 3. The first-order chi connectivity index (χ1) is 15.2. The van der Waals surface area contributed by atoms with Crippen molar-refractivity contribution in [2.24, 2.45) is 0 Å². The molecule has 0 amide bonds. The highest BCUT2D eigenvalue weighted by Gasteiger charge is 2.17. The van der Waals surface area contributed by atoms with Crippen molar-refractivity contribution in [1.82, 2.24) is 0 Å². The van der Waals surface area contributed by atoms with E-state index in [0.717, 1.165) is 6.07 Å². The zero-order chi connectivity index (χ0) is 23.3. The van der Waals surface area contributed by atoms with Gasteiger partial charge < -0.3 is 9.47 Å². The van der Waals surface area contributed by atoms with Crippen molar-refractivity contribution in [3.63, 3.8) is 0 Å². The van der Waals surface area contributed by atoms with E-state index in [-0.39, 0.29) is 17.9 Å². The van der Waals surface area contributed by atoms with Gasteiger partial charge in [0.2, 0.25) is 0 Å². The fraction of sp³-hybridized carbons (Fsp3) is 0.0909. The van der Waals surface area contributed by atoms with Crippen molar-refractivity contribution >= 4 is 27.6 Å². The van der Waals surface area contributed by atoms with Gasteiger partial charge in [0.15, 0.2) is 11.6 Å². The van der Waals surface area contributed by atoms with Crippen LogP contribution in [0.1, 0.15) is 26.3 Å². The first-order valence-corrected chi connectivity index (χ1v) is 10.6. The molecule has 3 aromatic rings. The van der Waals surface area contributed by atoms with Gasteiger partial charge in [-0.05, 0) is 60.2 Å². The number of sulfonamides is 1. The average Bonchev–Trinajstić information content (AvgIpc) is 2.79. The van der Waals surface area contributed by atoms with Crippen LogP contribution in [0.4, 0.5) is 14.5 Å². The Balaban J connectivity index is 1.61. The summed E-state index contributed by atoms with van der Waals surface area (Å²) in [6, 6.07) is 13.9. The number of carbonyl (C=O) groups is 2. The third kappa shape index (κ3) is 5.46. The normalized spacial score (nSPS) is 11.0. The number of methoxy groups -OCH3 is 1. The highest BCUT2D eigenvalue weighted by atomic mass is 32.2. The molecule has 0 aliphatic carbocycles. The van der Waals surface area contributed by atoms with E-state index in [0.29, 0.717) is 23.3 Å². The van der Waals surface area contributed by atoms with Crippen LogP contribution in [-0.4, -0.2) is 27.5 Å². The standard InChI is InChI=1S/C22H17F2NO6S/c1-30-21(26)15-4-2-14(3-5-15)13-31-22(27)16-6-8-17(9-7-16)25-32(28,29)18-10-11-19(23)20(24)12-18/h2-12,25H,13H2,1H3. The molecule has 0 saturated carbocycles.